The van der Waals surface area contributed by atoms with Gasteiger partial charge in [-0.3, -0.25) is 4.79 Å². The molecule has 1 aliphatic heterocycles. The summed E-state index contributed by atoms with van der Waals surface area (Å²) in [5, 5.41) is 42.5. The minimum atomic E-state index is -1.57. The summed E-state index contributed by atoms with van der Waals surface area (Å²) < 4.78 is 16.5. The molecule has 33 heavy (non-hydrogen) atoms. The van der Waals surface area contributed by atoms with Crippen LogP contribution >= 0.6 is 0 Å². The number of carbonyl (C=O) groups is 1. The van der Waals surface area contributed by atoms with Crippen molar-refractivity contribution in [2.45, 2.75) is 36.8 Å². The molecule has 0 bridgehead atoms. The summed E-state index contributed by atoms with van der Waals surface area (Å²) in [5.74, 6) is 0.273. The summed E-state index contributed by atoms with van der Waals surface area (Å²) in [6, 6.07) is 16.3. The van der Waals surface area contributed by atoms with Crippen molar-refractivity contribution in [3.8, 4) is 5.75 Å². The molecule has 0 radical (unpaired) electrons. The number of aliphatic hydroxyl groups excluding tert-OH is 4. The van der Waals surface area contributed by atoms with Gasteiger partial charge in [-0.25, -0.2) is 0 Å². The van der Waals surface area contributed by atoms with Crippen LogP contribution in [0.2, 0.25) is 0 Å². The third-order valence-corrected chi connectivity index (χ3v) is 5.32. The number of hydrogen-bond acceptors (Lipinski definition) is 8. The lowest BCUT2D eigenvalue weighted by molar-refractivity contribution is -0.311. The number of hydrogen-bond donors (Lipinski definition) is 5. The smallest absolute Gasteiger partial charge is 0.244 e. The first-order valence-corrected chi connectivity index (χ1v) is 10.5. The van der Waals surface area contributed by atoms with Crippen molar-refractivity contribution in [3.05, 3.63) is 71.8 Å². The van der Waals surface area contributed by atoms with E-state index in [0.29, 0.717) is 11.3 Å². The first-order chi connectivity index (χ1) is 15.9. The van der Waals surface area contributed by atoms with E-state index in [-0.39, 0.29) is 12.5 Å². The molecule has 1 heterocycles. The molecule has 0 aromatic heterocycles. The van der Waals surface area contributed by atoms with E-state index in [0.717, 1.165) is 5.56 Å². The lowest BCUT2D eigenvalue weighted by Crippen LogP contribution is -2.59. The minimum absolute atomic E-state index is 0.0271. The van der Waals surface area contributed by atoms with Gasteiger partial charge in [0.2, 0.25) is 5.91 Å². The number of rotatable bonds is 9. The molecule has 1 saturated heterocycles. The number of methoxy groups -OCH3 is 1. The predicted molar refractivity (Wildman–Crippen MR) is 119 cm³/mol. The molecule has 0 aliphatic carbocycles. The Hall–Kier alpha value is -2.79. The quantitative estimate of drug-likeness (QED) is 0.340. The van der Waals surface area contributed by atoms with Gasteiger partial charge in [0, 0.05) is 12.6 Å². The lowest BCUT2D eigenvalue weighted by atomic mass is 9.99. The van der Waals surface area contributed by atoms with Crippen LogP contribution in [0.25, 0.3) is 6.08 Å². The van der Waals surface area contributed by atoms with E-state index in [1.807, 2.05) is 30.3 Å². The van der Waals surface area contributed by atoms with Crippen LogP contribution in [0.5, 0.6) is 5.75 Å². The fourth-order valence-corrected chi connectivity index (χ4v) is 3.39. The van der Waals surface area contributed by atoms with Gasteiger partial charge in [-0.15, -0.1) is 0 Å². The number of aliphatic hydroxyl groups is 4. The van der Waals surface area contributed by atoms with Crippen molar-refractivity contribution in [2.24, 2.45) is 0 Å². The summed E-state index contributed by atoms with van der Waals surface area (Å²) in [6.45, 7) is -0.543. The maximum absolute atomic E-state index is 12.3. The van der Waals surface area contributed by atoms with E-state index in [9.17, 15) is 25.2 Å². The predicted octanol–water partition coefficient (Wildman–Crippen LogP) is 0.382. The highest BCUT2D eigenvalue weighted by atomic mass is 16.7. The van der Waals surface area contributed by atoms with Crippen molar-refractivity contribution < 1.29 is 39.4 Å². The fourth-order valence-electron chi connectivity index (χ4n) is 3.39. The number of ether oxygens (including phenoxy) is 3. The van der Waals surface area contributed by atoms with Crippen LogP contribution in [0.15, 0.2) is 60.7 Å². The number of carbonyl (C=O) groups excluding carboxylic acids is 1. The van der Waals surface area contributed by atoms with Gasteiger partial charge in [0.25, 0.3) is 0 Å². The number of amides is 1. The zero-order chi connectivity index (χ0) is 23.8. The normalized spacial score (nSPS) is 26.2. The Morgan fingerprint density at radius 2 is 1.76 bits per heavy atom. The van der Waals surface area contributed by atoms with Crippen molar-refractivity contribution in [1.82, 2.24) is 5.32 Å². The molecule has 9 heteroatoms. The van der Waals surface area contributed by atoms with Crippen LogP contribution in [-0.4, -0.2) is 77.3 Å². The Bertz CT molecular complexity index is 902. The largest absolute Gasteiger partial charge is 0.497 e. The van der Waals surface area contributed by atoms with Gasteiger partial charge in [0.1, 0.15) is 36.3 Å². The maximum atomic E-state index is 12.3. The second-order valence-electron chi connectivity index (χ2n) is 7.58. The summed E-state index contributed by atoms with van der Waals surface area (Å²) in [6.07, 6.45) is -4.76. The highest BCUT2D eigenvalue weighted by Gasteiger charge is 2.44. The van der Waals surface area contributed by atoms with Gasteiger partial charge in [-0.2, -0.15) is 0 Å². The minimum Gasteiger partial charge on any atom is -0.497 e. The zero-order valence-corrected chi connectivity index (χ0v) is 18.2. The first kappa shape index (κ1) is 24.8. The van der Waals surface area contributed by atoms with Crippen LogP contribution < -0.4 is 10.1 Å². The van der Waals surface area contributed by atoms with E-state index >= 15 is 0 Å². The number of nitrogens with one attached hydrogen (secondary N) is 1. The third-order valence-electron chi connectivity index (χ3n) is 5.32. The molecule has 1 aliphatic rings. The second kappa shape index (κ2) is 11.9. The van der Waals surface area contributed by atoms with Crippen LogP contribution in [0.4, 0.5) is 0 Å². The van der Waals surface area contributed by atoms with Crippen LogP contribution in [0, 0.1) is 0 Å². The molecule has 0 unspecified atom stereocenters. The second-order valence-corrected chi connectivity index (χ2v) is 7.58. The fraction of sp³-hybridized carbons (Fsp3) is 0.375. The zero-order valence-electron chi connectivity index (χ0n) is 18.2. The lowest BCUT2D eigenvalue weighted by Gasteiger charge is -2.40. The summed E-state index contributed by atoms with van der Waals surface area (Å²) in [4.78, 5) is 12.3. The van der Waals surface area contributed by atoms with Gasteiger partial charge < -0.3 is 40.0 Å². The van der Waals surface area contributed by atoms with E-state index in [1.165, 1.54) is 13.2 Å². The monoisotopic (exact) mass is 459 g/mol. The molecule has 3 rings (SSSR count). The molecule has 1 amide bonds. The molecular formula is C24H29NO8. The SMILES string of the molecule is COc1ccc([C@@H](CNC(=O)/C=C\c2ccccc2)O[C@@H]2O[C@H](CO)[C@@H](O)[C@H](O)[C@H]2O)cc1. The average Bonchev–Trinajstić information content (AvgIpc) is 2.85. The molecule has 0 saturated carbocycles. The molecule has 2 aromatic rings. The van der Waals surface area contributed by atoms with E-state index in [1.54, 1.807) is 30.3 Å². The highest BCUT2D eigenvalue weighted by Crippen LogP contribution is 2.28. The van der Waals surface area contributed by atoms with Crippen molar-refractivity contribution in [2.75, 3.05) is 20.3 Å². The summed E-state index contributed by atoms with van der Waals surface area (Å²) in [5.41, 5.74) is 1.53. The van der Waals surface area contributed by atoms with E-state index in [2.05, 4.69) is 5.32 Å². The molecule has 9 nitrogen and oxygen atoms in total. The standard InChI is InChI=1S/C24H29NO8/c1-31-17-10-8-16(9-11-17)18(13-25-20(27)12-7-15-5-3-2-4-6-15)32-24-23(30)22(29)21(28)19(14-26)33-24/h2-12,18-19,21-24,26,28-30H,13-14H2,1H3,(H,25,27)/b12-7-/t18-,19-,21-,22+,23-,24-/m1/s1. The Morgan fingerprint density at radius 3 is 2.39 bits per heavy atom. The van der Waals surface area contributed by atoms with E-state index in [4.69, 9.17) is 14.2 Å². The average molecular weight is 459 g/mol. The van der Waals surface area contributed by atoms with Gasteiger partial charge in [-0.1, -0.05) is 42.5 Å². The molecule has 1 fully saturated rings. The van der Waals surface area contributed by atoms with Crippen LogP contribution in [0.1, 0.15) is 17.2 Å². The van der Waals surface area contributed by atoms with Gasteiger partial charge in [0.15, 0.2) is 6.29 Å². The third kappa shape index (κ3) is 6.61. The molecule has 178 valence electrons. The van der Waals surface area contributed by atoms with Crippen molar-refractivity contribution in [1.29, 1.82) is 0 Å². The molecule has 5 N–H and O–H groups in total. The molecule has 2 aromatic carbocycles. The van der Waals surface area contributed by atoms with Crippen molar-refractivity contribution >= 4 is 12.0 Å². The first-order valence-electron chi connectivity index (χ1n) is 10.5. The van der Waals surface area contributed by atoms with Gasteiger partial charge in [-0.05, 0) is 29.3 Å². The molecule has 0 spiro atoms. The maximum Gasteiger partial charge on any atom is 0.244 e. The summed E-state index contributed by atoms with van der Waals surface area (Å²) in [7, 11) is 1.54. The Balaban J connectivity index is 1.72. The summed E-state index contributed by atoms with van der Waals surface area (Å²) >= 11 is 0. The van der Waals surface area contributed by atoms with Gasteiger partial charge >= 0.3 is 0 Å². The van der Waals surface area contributed by atoms with Gasteiger partial charge in [0.05, 0.1) is 13.7 Å². The Labute approximate surface area is 191 Å². The topological polar surface area (TPSA) is 138 Å². The van der Waals surface area contributed by atoms with E-state index < -0.39 is 43.4 Å². The highest BCUT2D eigenvalue weighted by molar-refractivity contribution is 5.91. The van der Waals surface area contributed by atoms with Crippen LogP contribution in [-0.2, 0) is 14.3 Å². The molecular weight excluding hydrogens is 430 g/mol. The Morgan fingerprint density at radius 1 is 1.06 bits per heavy atom. The Kier molecular flexibility index (Phi) is 8.95. The molecule has 6 atom stereocenters. The van der Waals surface area contributed by atoms with Crippen molar-refractivity contribution in [3.63, 3.8) is 0 Å². The number of benzene rings is 2. The van der Waals surface area contributed by atoms with Crippen LogP contribution in [0.3, 0.4) is 0 Å².